The highest BCUT2D eigenvalue weighted by atomic mass is 79.9. The molecule has 1 saturated heterocycles. The number of benzene rings is 1. The Balaban J connectivity index is 2.83. The van der Waals surface area contributed by atoms with Gasteiger partial charge in [-0.05, 0) is 25.2 Å². The van der Waals surface area contributed by atoms with E-state index in [9.17, 15) is 0 Å². The summed E-state index contributed by atoms with van der Waals surface area (Å²) in [6.07, 6.45) is 0. The van der Waals surface area contributed by atoms with Crippen LogP contribution in [0.2, 0.25) is 0 Å². The fourth-order valence-corrected chi connectivity index (χ4v) is 2.32. The van der Waals surface area contributed by atoms with Crippen molar-refractivity contribution >= 4 is 37.5 Å². The Kier molecular flexibility index (Phi) is 1.29. The third-order valence-electron chi connectivity index (χ3n) is 1.65. The van der Waals surface area contributed by atoms with Crippen molar-refractivity contribution in [3.05, 3.63) is 27.1 Å². The summed E-state index contributed by atoms with van der Waals surface area (Å²) in [6, 6.07) is 4.16. The van der Waals surface area contributed by atoms with E-state index in [1.165, 1.54) is 12.1 Å². The molecule has 1 aromatic carbocycles. The molecule has 2 rings (SSSR count). The number of rotatable bonds is 1. The van der Waals surface area contributed by atoms with E-state index < -0.39 is 33.0 Å². The molecule has 0 saturated carbocycles. The van der Waals surface area contributed by atoms with Gasteiger partial charge in [0.05, 0.1) is 5.48 Å². The molecule has 0 radical (unpaired) electrons. The van der Waals surface area contributed by atoms with Crippen LogP contribution in [-0.2, 0) is 0 Å². The summed E-state index contributed by atoms with van der Waals surface area (Å²) in [7, 11) is 0. The predicted molar refractivity (Wildman–Crippen MR) is 71.6 cm³/mol. The van der Waals surface area contributed by atoms with E-state index in [0.29, 0.717) is 13.8 Å². The van der Waals surface area contributed by atoms with Crippen LogP contribution in [0.3, 0.4) is 0 Å². The second-order valence-corrected chi connectivity index (χ2v) is 4.58. The Morgan fingerprint density at radius 1 is 1.13 bits per heavy atom. The highest BCUT2D eigenvalue weighted by molar-refractivity contribution is 9.11. The minimum atomic E-state index is -3.42. The van der Waals surface area contributed by atoms with Gasteiger partial charge in [-0.1, -0.05) is 31.9 Å². The molecular formula is C11H14Br2N2. The lowest BCUT2D eigenvalue weighted by Crippen LogP contribution is -2.44. The number of likely N-dealkylation sites (N-methyl/N-ethyl adjacent to an activating group) is 1. The van der Waals surface area contributed by atoms with Crippen LogP contribution in [0, 0.1) is 0 Å². The number of nitrogens with zero attached hydrogens (tertiary/aromatic N) is 2. The molecular weight excluding hydrogens is 320 g/mol. The predicted octanol–water partition coefficient (Wildman–Crippen LogP) is 2.96. The minimum absolute atomic E-state index is 0.167. The lowest BCUT2D eigenvalue weighted by Gasteiger charge is -2.34. The lowest BCUT2D eigenvalue weighted by molar-refractivity contribution is 0.313. The van der Waals surface area contributed by atoms with Gasteiger partial charge in [-0.25, -0.2) is 0 Å². The van der Waals surface area contributed by atoms with Crippen molar-refractivity contribution in [2.45, 2.75) is 0 Å². The molecule has 4 heteroatoms. The zero-order valence-corrected chi connectivity index (χ0v) is 10.6. The Morgan fingerprint density at radius 2 is 1.73 bits per heavy atom. The Labute approximate surface area is 123 Å². The summed E-state index contributed by atoms with van der Waals surface area (Å²) >= 11 is 6.33. The van der Waals surface area contributed by atoms with E-state index in [-0.39, 0.29) is 10.6 Å². The molecule has 0 bridgehead atoms. The van der Waals surface area contributed by atoms with Crippen molar-refractivity contribution in [3.63, 3.8) is 0 Å². The Morgan fingerprint density at radius 3 is 2.27 bits per heavy atom. The van der Waals surface area contributed by atoms with Gasteiger partial charge >= 0.3 is 0 Å². The van der Waals surface area contributed by atoms with Crippen LogP contribution in [0.25, 0.3) is 0 Å². The maximum Gasteiger partial charge on any atom is 0.0506 e. The summed E-state index contributed by atoms with van der Waals surface area (Å²) < 4.78 is 88.1. The van der Waals surface area contributed by atoms with E-state index >= 15 is 0 Å². The van der Waals surface area contributed by atoms with Gasteiger partial charge in [-0.15, -0.1) is 0 Å². The van der Waals surface area contributed by atoms with Gasteiger partial charge in [0.15, 0.2) is 0 Å². The fourth-order valence-electron chi connectivity index (χ4n) is 1.05. The first-order valence-corrected chi connectivity index (χ1v) is 5.54. The first-order chi connectivity index (χ1) is 11.4. The molecule has 0 N–H and O–H groups in total. The van der Waals surface area contributed by atoms with Crippen LogP contribution < -0.4 is 4.90 Å². The molecule has 1 aromatic rings. The molecule has 1 aliphatic rings. The summed E-state index contributed by atoms with van der Waals surface area (Å²) in [4.78, 5) is -0.0473. The van der Waals surface area contributed by atoms with Crippen LogP contribution in [0.4, 0.5) is 5.69 Å². The Bertz CT molecular complexity index is 670. The van der Waals surface area contributed by atoms with Crippen molar-refractivity contribution in [3.8, 4) is 0 Å². The van der Waals surface area contributed by atoms with Crippen LogP contribution in [0.15, 0.2) is 27.1 Å². The van der Waals surface area contributed by atoms with E-state index in [0.717, 1.165) is 0 Å². The summed E-state index contributed by atoms with van der Waals surface area (Å²) in [6.45, 7) is -16.6. The molecule has 1 heterocycles. The summed E-state index contributed by atoms with van der Waals surface area (Å²) in [5.41, 5.74) is -0.167. The number of hydrogen-bond donors (Lipinski definition) is 0. The molecule has 0 aromatic heterocycles. The standard InChI is InChI=1S/C11H14Br2N2/c1-14-2-4-15(5-3-14)11-7-9(12)6-10(13)8-11/h6-8H,2-5H2,1H3/i1D3,2D2,3D2,4D2,5D2. The van der Waals surface area contributed by atoms with Gasteiger partial charge in [0.2, 0.25) is 0 Å². The van der Waals surface area contributed by atoms with Crippen LogP contribution in [0.5, 0.6) is 0 Å². The number of hydrogen-bond acceptors (Lipinski definition) is 2. The van der Waals surface area contributed by atoms with Gasteiger partial charge in [-0.3, -0.25) is 0 Å². The Hall–Kier alpha value is -0.0600. The number of halogens is 2. The monoisotopic (exact) mass is 343 g/mol. The second kappa shape index (κ2) is 4.85. The van der Waals surface area contributed by atoms with E-state index in [2.05, 4.69) is 31.9 Å². The minimum Gasteiger partial charge on any atom is -0.369 e. The molecule has 15 heavy (non-hydrogen) atoms. The van der Waals surface area contributed by atoms with Gasteiger partial charge in [-0.2, -0.15) is 0 Å². The van der Waals surface area contributed by atoms with Crippen molar-refractivity contribution in [1.29, 1.82) is 0 Å². The lowest BCUT2D eigenvalue weighted by atomic mass is 10.2. The van der Waals surface area contributed by atoms with E-state index in [1.54, 1.807) is 6.07 Å². The van der Waals surface area contributed by atoms with Crippen molar-refractivity contribution in [1.82, 2.24) is 4.90 Å². The SMILES string of the molecule is [2H]C([2H])([2H])N1C([2H])([2H])C([2H])([2H])N(c2cc(Br)cc(Br)c2)C([2H])([2H])C1([2H])[2H]. The van der Waals surface area contributed by atoms with Gasteiger partial charge in [0.1, 0.15) is 0 Å². The number of anilines is 1. The molecule has 2 nitrogen and oxygen atoms in total. The molecule has 0 aliphatic carbocycles. The van der Waals surface area contributed by atoms with Crippen LogP contribution in [-0.4, -0.2) is 37.9 Å². The zero-order valence-electron chi connectivity index (χ0n) is 18.4. The zero-order chi connectivity index (χ0) is 20.5. The third-order valence-corrected chi connectivity index (χ3v) is 2.57. The quantitative estimate of drug-likeness (QED) is 0.772. The average molecular weight is 345 g/mol. The van der Waals surface area contributed by atoms with Crippen molar-refractivity contribution in [2.24, 2.45) is 0 Å². The maximum absolute atomic E-state index is 8.20. The topological polar surface area (TPSA) is 6.48 Å². The van der Waals surface area contributed by atoms with Gasteiger partial charge in [0.25, 0.3) is 0 Å². The molecule has 0 spiro atoms. The highest BCUT2D eigenvalue weighted by Gasteiger charge is 2.14. The van der Waals surface area contributed by atoms with Crippen molar-refractivity contribution < 1.29 is 15.1 Å². The first kappa shape index (κ1) is 4.00. The molecule has 82 valence electrons. The summed E-state index contributed by atoms with van der Waals surface area (Å²) in [5.74, 6) is 0. The first-order valence-electron chi connectivity index (χ1n) is 9.45. The normalized spacial score (nSPS) is 43.3. The van der Waals surface area contributed by atoms with Gasteiger partial charge in [0, 0.05) is 50.2 Å². The van der Waals surface area contributed by atoms with Gasteiger partial charge < -0.3 is 9.80 Å². The average Bonchev–Trinajstić information content (AvgIpc) is 2.31. The molecule has 0 unspecified atom stereocenters. The smallest absolute Gasteiger partial charge is 0.0506 e. The maximum atomic E-state index is 8.20. The second-order valence-electron chi connectivity index (χ2n) is 2.75. The molecule has 0 amide bonds. The third kappa shape index (κ3) is 2.95. The molecule has 1 fully saturated rings. The number of piperazine rings is 1. The fraction of sp³-hybridized carbons (Fsp3) is 0.455. The summed E-state index contributed by atoms with van der Waals surface area (Å²) in [5, 5.41) is 0. The van der Waals surface area contributed by atoms with E-state index in [1.807, 2.05) is 0 Å². The largest absolute Gasteiger partial charge is 0.369 e. The highest BCUT2D eigenvalue weighted by Crippen LogP contribution is 2.26. The molecule has 0 atom stereocenters. The molecule has 1 aliphatic heterocycles. The van der Waals surface area contributed by atoms with Crippen LogP contribution in [0.1, 0.15) is 15.1 Å². The van der Waals surface area contributed by atoms with Crippen LogP contribution >= 0.6 is 31.9 Å². The van der Waals surface area contributed by atoms with Crippen molar-refractivity contribution in [2.75, 3.05) is 37.9 Å². The van der Waals surface area contributed by atoms with E-state index in [4.69, 9.17) is 15.1 Å².